The molecule has 0 bridgehead atoms. The summed E-state index contributed by atoms with van der Waals surface area (Å²) in [5.74, 6) is -0.134. The number of anilines is 1. The van der Waals surface area contributed by atoms with E-state index >= 15 is 0 Å². The fourth-order valence-corrected chi connectivity index (χ4v) is 3.93. The number of hydrogen-bond donors (Lipinski definition) is 1. The lowest BCUT2D eigenvalue weighted by Gasteiger charge is -2.10. The van der Waals surface area contributed by atoms with Crippen molar-refractivity contribution in [3.05, 3.63) is 82.8 Å². The first-order chi connectivity index (χ1) is 12.2. The Hall–Kier alpha value is -2.50. The Balaban J connectivity index is 1.75. The maximum atomic E-state index is 12.5. The molecule has 1 amide bonds. The number of nitrogens with zero attached hydrogens (tertiary/aromatic N) is 1. The number of benzene rings is 3. The molecule has 3 nitrogen and oxygen atoms in total. The van der Waals surface area contributed by atoms with Crippen molar-refractivity contribution in [3.63, 3.8) is 0 Å². The number of para-hydroxylation sites is 1. The van der Waals surface area contributed by atoms with Crippen molar-refractivity contribution in [2.75, 3.05) is 5.32 Å². The lowest BCUT2D eigenvalue weighted by molar-refractivity contribution is 0.102. The molecule has 0 saturated heterocycles. The summed E-state index contributed by atoms with van der Waals surface area (Å²) in [5, 5.41) is 3.88. The van der Waals surface area contributed by atoms with Crippen molar-refractivity contribution in [2.45, 2.75) is 0 Å². The highest BCUT2D eigenvalue weighted by Gasteiger charge is 2.14. The molecule has 0 aliphatic rings. The van der Waals surface area contributed by atoms with Crippen molar-refractivity contribution < 1.29 is 4.79 Å². The Bertz CT molecular complexity index is 1030. The third-order valence-corrected chi connectivity index (χ3v) is 5.35. The van der Waals surface area contributed by atoms with Gasteiger partial charge in [-0.2, -0.15) is 0 Å². The van der Waals surface area contributed by atoms with Crippen LogP contribution < -0.4 is 5.32 Å². The highest BCUT2D eigenvalue weighted by atomic mass is 79.9. The normalized spacial score (nSPS) is 10.8. The van der Waals surface area contributed by atoms with Crippen molar-refractivity contribution in [1.82, 2.24) is 4.98 Å². The minimum atomic E-state index is -0.134. The largest absolute Gasteiger partial charge is 0.321 e. The quantitative estimate of drug-likeness (QED) is 0.453. The summed E-state index contributed by atoms with van der Waals surface area (Å²) in [7, 11) is 0. The number of fused-ring (bicyclic) bond motifs is 1. The second-order valence-electron chi connectivity index (χ2n) is 5.50. The van der Waals surface area contributed by atoms with Gasteiger partial charge in [-0.1, -0.05) is 46.3 Å². The zero-order valence-corrected chi connectivity index (χ0v) is 15.5. The second kappa shape index (κ2) is 6.78. The zero-order valence-electron chi connectivity index (χ0n) is 13.1. The highest BCUT2D eigenvalue weighted by molar-refractivity contribution is 9.10. The van der Waals surface area contributed by atoms with Crippen LogP contribution in [-0.2, 0) is 0 Å². The van der Waals surface area contributed by atoms with E-state index in [1.54, 1.807) is 23.5 Å². The fraction of sp³-hybridized carbons (Fsp3) is 0. The van der Waals surface area contributed by atoms with Crippen molar-refractivity contribution in [2.24, 2.45) is 0 Å². The maximum Gasteiger partial charge on any atom is 0.255 e. The van der Waals surface area contributed by atoms with Gasteiger partial charge in [-0.25, -0.2) is 4.98 Å². The lowest BCUT2D eigenvalue weighted by atomic mass is 10.1. The smallest absolute Gasteiger partial charge is 0.255 e. The molecule has 0 radical (unpaired) electrons. The maximum absolute atomic E-state index is 12.5. The molecular weight excluding hydrogens is 396 g/mol. The van der Waals surface area contributed by atoms with Crippen LogP contribution in [0.25, 0.3) is 20.8 Å². The molecule has 0 aliphatic heterocycles. The third kappa shape index (κ3) is 3.34. The van der Waals surface area contributed by atoms with E-state index in [-0.39, 0.29) is 5.91 Å². The van der Waals surface area contributed by atoms with Gasteiger partial charge in [-0.3, -0.25) is 4.79 Å². The van der Waals surface area contributed by atoms with Gasteiger partial charge >= 0.3 is 0 Å². The van der Waals surface area contributed by atoms with Crippen LogP contribution in [0.2, 0.25) is 0 Å². The molecule has 0 aliphatic carbocycles. The Kier molecular flexibility index (Phi) is 4.34. The predicted molar refractivity (Wildman–Crippen MR) is 107 cm³/mol. The summed E-state index contributed by atoms with van der Waals surface area (Å²) >= 11 is 5.13. The van der Waals surface area contributed by atoms with E-state index in [1.807, 2.05) is 54.6 Å². The zero-order chi connectivity index (χ0) is 17.2. The molecule has 0 spiro atoms. The van der Waals surface area contributed by atoms with Gasteiger partial charge < -0.3 is 5.32 Å². The van der Waals surface area contributed by atoms with E-state index in [1.165, 1.54) is 0 Å². The van der Waals surface area contributed by atoms with E-state index in [0.29, 0.717) is 5.56 Å². The van der Waals surface area contributed by atoms with Crippen LogP contribution in [0.4, 0.5) is 5.69 Å². The van der Waals surface area contributed by atoms with Crippen LogP contribution >= 0.6 is 27.3 Å². The van der Waals surface area contributed by atoms with Gasteiger partial charge in [0.1, 0.15) is 5.01 Å². The Morgan fingerprint density at radius 2 is 1.72 bits per heavy atom. The third-order valence-electron chi connectivity index (χ3n) is 3.79. The van der Waals surface area contributed by atoms with E-state index in [4.69, 9.17) is 4.98 Å². The number of aromatic nitrogens is 1. The number of carbonyl (C=O) groups excluding carboxylic acids is 1. The summed E-state index contributed by atoms with van der Waals surface area (Å²) in [5.41, 5.74) is 3.24. The summed E-state index contributed by atoms with van der Waals surface area (Å²) in [6, 6.07) is 23.0. The molecule has 0 fully saturated rings. The number of hydrogen-bond acceptors (Lipinski definition) is 3. The first-order valence-corrected chi connectivity index (χ1v) is 9.33. The first kappa shape index (κ1) is 16.0. The van der Waals surface area contributed by atoms with Gasteiger partial charge in [0.25, 0.3) is 5.91 Å². The lowest BCUT2D eigenvalue weighted by Crippen LogP contribution is -2.12. The molecule has 0 saturated carbocycles. The predicted octanol–water partition coefficient (Wildman–Crippen LogP) is 5.98. The monoisotopic (exact) mass is 408 g/mol. The van der Waals surface area contributed by atoms with Crippen LogP contribution in [0.1, 0.15) is 10.4 Å². The Morgan fingerprint density at radius 1 is 0.960 bits per heavy atom. The van der Waals surface area contributed by atoms with E-state index in [0.717, 1.165) is 30.9 Å². The molecule has 3 aromatic carbocycles. The Labute approximate surface area is 157 Å². The summed E-state index contributed by atoms with van der Waals surface area (Å²) in [4.78, 5) is 17.2. The molecule has 1 N–H and O–H groups in total. The van der Waals surface area contributed by atoms with Gasteiger partial charge in [0.05, 0.1) is 15.9 Å². The fourth-order valence-electron chi connectivity index (χ4n) is 2.57. The number of nitrogens with one attached hydrogen (secondary N) is 1. The van der Waals surface area contributed by atoms with Crippen LogP contribution in [0.15, 0.2) is 77.3 Å². The second-order valence-corrected chi connectivity index (χ2v) is 7.44. The van der Waals surface area contributed by atoms with Crippen LogP contribution in [0.5, 0.6) is 0 Å². The number of rotatable bonds is 3. The van der Waals surface area contributed by atoms with Gasteiger partial charge in [-0.15, -0.1) is 11.3 Å². The molecule has 1 heterocycles. The van der Waals surface area contributed by atoms with E-state index in [2.05, 4.69) is 27.3 Å². The molecule has 0 unspecified atom stereocenters. The summed E-state index contributed by atoms with van der Waals surface area (Å²) in [6.45, 7) is 0. The molecule has 25 heavy (non-hydrogen) atoms. The number of thiazole rings is 1. The Morgan fingerprint density at radius 3 is 2.52 bits per heavy atom. The topological polar surface area (TPSA) is 42.0 Å². The van der Waals surface area contributed by atoms with Crippen LogP contribution in [0, 0.1) is 0 Å². The minimum absolute atomic E-state index is 0.134. The first-order valence-electron chi connectivity index (χ1n) is 7.72. The van der Waals surface area contributed by atoms with Crippen molar-refractivity contribution in [1.29, 1.82) is 0 Å². The number of amides is 1. The van der Waals surface area contributed by atoms with Crippen molar-refractivity contribution in [3.8, 4) is 10.6 Å². The number of halogens is 1. The molecule has 4 aromatic rings. The average Bonchev–Trinajstić information content (AvgIpc) is 3.08. The highest BCUT2D eigenvalue weighted by Crippen LogP contribution is 2.36. The number of carbonyl (C=O) groups is 1. The standard InChI is InChI=1S/C20H13BrN2OS/c21-14-10-11-16(22-19(24)13-6-2-1-3-7-13)15(12-14)20-23-17-8-4-5-9-18(17)25-20/h1-12H,(H,22,24). The molecule has 122 valence electrons. The minimum Gasteiger partial charge on any atom is -0.321 e. The molecule has 4 rings (SSSR count). The molecular formula is C20H13BrN2OS. The van der Waals surface area contributed by atoms with Crippen LogP contribution in [0.3, 0.4) is 0 Å². The molecule has 1 aromatic heterocycles. The van der Waals surface area contributed by atoms with Crippen LogP contribution in [-0.4, -0.2) is 10.9 Å². The molecule has 0 atom stereocenters. The summed E-state index contributed by atoms with van der Waals surface area (Å²) in [6.07, 6.45) is 0. The van der Waals surface area contributed by atoms with Gasteiger partial charge in [0.2, 0.25) is 0 Å². The van der Waals surface area contributed by atoms with Crippen molar-refractivity contribution >= 4 is 49.1 Å². The van der Waals surface area contributed by atoms with Gasteiger partial charge in [0, 0.05) is 15.6 Å². The summed E-state index contributed by atoms with van der Waals surface area (Å²) < 4.78 is 2.07. The van der Waals surface area contributed by atoms with E-state index in [9.17, 15) is 4.79 Å². The average molecular weight is 409 g/mol. The van der Waals surface area contributed by atoms with Gasteiger partial charge in [0.15, 0.2) is 0 Å². The molecule has 5 heteroatoms. The SMILES string of the molecule is O=C(Nc1ccc(Br)cc1-c1nc2ccccc2s1)c1ccccc1. The van der Waals surface area contributed by atoms with E-state index < -0.39 is 0 Å². The van der Waals surface area contributed by atoms with Gasteiger partial charge in [-0.05, 0) is 42.5 Å².